The maximum Gasteiger partial charge on any atom is 0.327 e. The van der Waals surface area contributed by atoms with Gasteiger partial charge in [-0.1, -0.05) is 98.8 Å². The maximum atomic E-state index is 15.1. The average molecular weight is 1500 g/mol. The van der Waals surface area contributed by atoms with E-state index in [9.17, 15) is 62.9 Å². The van der Waals surface area contributed by atoms with Crippen molar-refractivity contribution in [3.05, 3.63) is 150 Å². The van der Waals surface area contributed by atoms with Gasteiger partial charge in [0.1, 0.15) is 72.0 Å². The molecule has 0 unspecified atom stereocenters. The normalized spacial score (nSPS) is 15.1. The summed E-state index contributed by atoms with van der Waals surface area (Å²) < 4.78 is 14.4. The van der Waals surface area contributed by atoms with Gasteiger partial charge in [-0.3, -0.25) is 63.6 Å². The van der Waals surface area contributed by atoms with Crippen LogP contribution in [-0.4, -0.2) is 195 Å². The van der Waals surface area contributed by atoms with E-state index in [4.69, 9.17) is 28.0 Å². The van der Waals surface area contributed by atoms with Gasteiger partial charge in [-0.05, 0) is 114 Å². The summed E-state index contributed by atoms with van der Waals surface area (Å²) in [6.45, 7) is 4.34. The number of aliphatic carboxylic acids is 2. The van der Waals surface area contributed by atoms with Crippen molar-refractivity contribution in [2.24, 2.45) is 23.1 Å². The molecule has 23 N–H and O–H groups in total. The molecule has 0 aliphatic carbocycles. The Morgan fingerprint density at radius 1 is 0.556 bits per heavy atom. The average Bonchev–Trinajstić information content (AvgIpc) is 1.60. The van der Waals surface area contributed by atoms with E-state index in [0.717, 1.165) is 22.9 Å². The van der Waals surface area contributed by atoms with Crippen LogP contribution in [-0.2, 0) is 83.2 Å². The summed E-state index contributed by atoms with van der Waals surface area (Å²) in [5.74, 6) is -14.1. The molecule has 1 aliphatic heterocycles. The van der Waals surface area contributed by atoms with Gasteiger partial charge >= 0.3 is 11.9 Å². The van der Waals surface area contributed by atoms with Crippen LogP contribution in [0.4, 0.5) is 4.39 Å². The zero-order valence-corrected chi connectivity index (χ0v) is 60.0. The van der Waals surface area contributed by atoms with Crippen molar-refractivity contribution in [3.8, 4) is 5.75 Å². The molecule has 108 heavy (non-hydrogen) atoms. The molecule has 33 nitrogen and oxygen atoms in total. The molecular formula is C74H95FN18O15. The van der Waals surface area contributed by atoms with Gasteiger partial charge in [0.25, 0.3) is 0 Å². The molecule has 10 amide bonds. The second-order valence-electron chi connectivity index (χ2n) is 26.8. The number of halogens is 1. The van der Waals surface area contributed by atoms with Crippen molar-refractivity contribution in [1.82, 2.24) is 68.4 Å². The molecule has 0 saturated carbocycles. The number of phenols is 1. The first-order valence-corrected chi connectivity index (χ1v) is 35.3. The number of aromatic amines is 1. The highest BCUT2D eigenvalue weighted by atomic mass is 19.1. The van der Waals surface area contributed by atoms with Gasteiger partial charge in [-0.25, -0.2) is 9.18 Å². The SMILES string of the molecule is CC(=O)N[C@H](Cc1ccc2ccccc2c1)C(=O)N[C@H](Cc1ccc(F)cc1)C(=O)N[C@H](Cc1c[nH]c2ccccc12)C(=O)N[C@@H](CC(=O)O)C(=O)N[C@@H](Cc1ccc(O)cc1)C(=O)N[C@H](CCCNC(=N)N)C(=O)N[C@@H](CC(C)C)C(=O)N[C@@H](CCCNC(=N)N)C(=O)N1CCC[C@H]1C(=O)N[C@@H](CN)C(=O)O. The van der Waals surface area contributed by atoms with Crippen LogP contribution in [0, 0.1) is 22.6 Å². The maximum absolute atomic E-state index is 15.1. The molecule has 1 saturated heterocycles. The Hall–Kier alpha value is -12.2. The highest BCUT2D eigenvalue weighted by Crippen LogP contribution is 2.24. The number of carboxylic acids is 2. The van der Waals surface area contributed by atoms with Gasteiger partial charge in [-0.2, -0.15) is 0 Å². The fraction of sp³-hybridized carbons (Fsp3) is 0.405. The van der Waals surface area contributed by atoms with E-state index >= 15 is 14.4 Å². The monoisotopic (exact) mass is 1490 g/mol. The summed E-state index contributed by atoms with van der Waals surface area (Å²) in [4.78, 5) is 174. The number of fused-ring (bicyclic) bond motifs is 2. The highest BCUT2D eigenvalue weighted by molar-refractivity contribution is 6.00. The smallest absolute Gasteiger partial charge is 0.327 e. The number of guanidine groups is 2. The Labute approximate surface area is 621 Å². The minimum absolute atomic E-state index is 0.0206. The van der Waals surface area contributed by atoms with Gasteiger partial charge in [0, 0.05) is 75.9 Å². The lowest BCUT2D eigenvalue weighted by Crippen LogP contribution is -2.61. The van der Waals surface area contributed by atoms with Gasteiger partial charge in [0.2, 0.25) is 59.1 Å². The molecule has 0 bridgehead atoms. The second-order valence-corrected chi connectivity index (χ2v) is 26.8. The predicted octanol–water partition coefficient (Wildman–Crippen LogP) is -0.0989. The van der Waals surface area contributed by atoms with Crippen molar-refractivity contribution in [1.29, 1.82) is 10.8 Å². The lowest BCUT2D eigenvalue weighted by molar-refractivity contribution is -0.145. The summed E-state index contributed by atoms with van der Waals surface area (Å²) >= 11 is 0. The lowest BCUT2D eigenvalue weighted by Gasteiger charge is -2.31. The van der Waals surface area contributed by atoms with Crippen LogP contribution >= 0.6 is 0 Å². The van der Waals surface area contributed by atoms with E-state index in [1.807, 2.05) is 36.4 Å². The van der Waals surface area contributed by atoms with Gasteiger partial charge in [0.05, 0.1) is 6.42 Å². The number of aromatic nitrogens is 1. The predicted molar refractivity (Wildman–Crippen MR) is 396 cm³/mol. The van der Waals surface area contributed by atoms with E-state index in [2.05, 4.69) is 63.5 Å². The van der Waals surface area contributed by atoms with Crippen LogP contribution in [0.5, 0.6) is 5.75 Å². The van der Waals surface area contributed by atoms with Gasteiger partial charge < -0.3 is 101 Å². The summed E-state index contributed by atoms with van der Waals surface area (Å²) in [5, 5.41) is 76.6. The summed E-state index contributed by atoms with van der Waals surface area (Å²) in [5.41, 5.74) is 19.1. The number of aromatic hydroxyl groups is 1. The number of nitrogens with one attached hydrogen (secondary N) is 14. The van der Waals surface area contributed by atoms with Crippen molar-refractivity contribution < 1.29 is 77.2 Å². The molecule has 2 heterocycles. The highest BCUT2D eigenvalue weighted by Gasteiger charge is 2.41. The third-order valence-electron chi connectivity index (χ3n) is 17.9. The zero-order valence-electron chi connectivity index (χ0n) is 60.0. The molecule has 10 atom stereocenters. The Balaban J connectivity index is 1.17. The number of H-pyrrole nitrogens is 1. The molecule has 1 aromatic heterocycles. The summed E-state index contributed by atoms with van der Waals surface area (Å²) in [6.07, 6.45) is -0.399. The Kier molecular flexibility index (Phi) is 31.0. The Morgan fingerprint density at radius 2 is 1.03 bits per heavy atom. The van der Waals surface area contributed by atoms with Gasteiger partial charge in [0.15, 0.2) is 11.9 Å². The lowest BCUT2D eigenvalue weighted by atomic mass is 9.99. The number of hydrogen-bond acceptors (Lipinski definition) is 16. The van der Waals surface area contributed by atoms with Crippen molar-refractivity contribution >= 4 is 105 Å². The number of amides is 10. The number of nitrogens with two attached hydrogens (primary N) is 3. The molecule has 578 valence electrons. The van der Waals surface area contributed by atoms with Gasteiger partial charge in [-0.15, -0.1) is 0 Å². The van der Waals surface area contributed by atoms with Crippen LogP contribution < -0.4 is 75.7 Å². The topological polar surface area (TPSA) is 543 Å². The number of likely N-dealkylation sites (tertiary alicyclic amines) is 1. The number of hydrogen-bond donors (Lipinski definition) is 20. The zero-order chi connectivity index (χ0) is 78.7. The largest absolute Gasteiger partial charge is 0.508 e. The van der Waals surface area contributed by atoms with E-state index in [-0.39, 0.29) is 95.0 Å². The van der Waals surface area contributed by atoms with E-state index in [1.165, 1.54) is 48.2 Å². The molecule has 6 aromatic rings. The fourth-order valence-electron chi connectivity index (χ4n) is 12.5. The minimum atomic E-state index is -2.04. The Bertz CT molecular complexity index is 4220. The Morgan fingerprint density at radius 3 is 1.59 bits per heavy atom. The number of nitrogens with zero attached hydrogens (tertiary/aromatic N) is 1. The number of carbonyl (C=O) groups is 12. The molecular weight excluding hydrogens is 1400 g/mol. The molecule has 34 heteroatoms. The molecule has 0 radical (unpaired) electrons. The molecule has 5 aromatic carbocycles. The van der Waals surface area contributed by atoms with Crippen LogP contribution in [0.2, 0.25) is 0 Å². The summed E-state index contributed by atoms with van der Waals surface area (Å²) in [7, 11) is 0. The van der Waals surface area contributed by atoms with Crippen LogP contribution in [0.3, 0.4) is 0 Å². The van der Waals surface area contributed by atoms with E-state index < -0.39 is 163 Å². The molecule has 7 rings (SSSR count). The molecule has 0 spiro atoms. The first kappa shape index (κ1) is 83.0. The van der Waals surface area contributed by atoms with Crippen LogP contribution in [0.25, 0.3) is 21.7 Å². The van der Waals surface area contributed by atoms with Crippen molar-refractivity contribution in [2.75, 3.05) is 26.2 Å². The number of benzene rings is 5. The third kappa shape index (κ3) is 25.5. The second kappa shape index (κ2) is 40.3. The number of rotatable bonds is 40. The molecule has 1 aliphatic rings. The first-order valence-electron chi connectivity index (χ1n) is 35.3. The van der Waals surface area contributed by atoms with Crippen LogP contribution in [0.1, 0.15) is 94.4 Å². The van der Waals surface area contributed by atoms with E-state index in [1.54, 1.807) is 50.4 Å². The van der Waals surface area contributed by atoms with Crippen molar-refractivity contribution in [2.45, 2.75) is 158 Å². The molecule has 1 fully saturated rings. The quantitative estimate of drug-likeness (QED) is 0.0136. The number of phenolic OH excluding ortho intramolecular Hbond substituents is 1. The number of carbonyl (C=O) groups excluding carboxylic acids is 10. The first-order chi connectivity index (χ1) is 51.4. The van der Waals surface area contributed by atoms with Crippen LogP contribution in [0.15, 0.2) is 121 Å². The fourth-order valence-corrected chi connectivity index (χ4v) is 12.5. The number of para-hydroxylation sites is 1. The standard InChI is InChI=1S/C74H95FN18O15/c1-40(2)31-54(64(99)86-53(16-9-29-82-74(79)80)71(106)93-30-10-17-61(93)70(105)92-60(38-76)72(107)108)87-63(98)52(15-8-28-81-73(77)78)85-66(101)56(34-43-21-26-49(95)27-22-43)89-69(104)59(37-62(96)97)91-68(103)58(36-47-39-83-51-14-7-6-13-50(47)51)90-67(102)57(33-42-19-24-48(75)25-20-42)88-65(100)55(84-41(3)94)35-44-18-23-45-11-4-5-12-46(45)32-44/h4-7,11-14,18-27,32,39-40,52-61,83,95H,8-10,15-17,28-31,33-38,76H2,1-3H3,(H,84,94)(H,85,101)(H,86,99)(H,87,98)(H,88,100)(H,89,104)(H,90,102)(H,91,103)(H,92,105)(H,96,97)(H,107,108)(H4,77,78,81)(H4,79,80,82)/t52-,53+,54+,55-,56+,57-,58-,59+,60+,61+/m1/s1. The third-order valence-corrected chi connectivity index (χ3v) is 17.9. The summed E-state index contributed by atoms with van der Waals surface area (Å²) in [6, 6.07) is 15.0. The van der Waals surface area contributed by atoms with E-state index in [0.29, 0.717) is 39.6 Å². The number of carboxylic acid groups (broad SMARTS) is 2. The minimum Gasteiger partial charge on any atom is -0.508 e. The van der Waals surface area contributed by atoms with Crippen molar-refractivity contribution in [3.63, 3.8) is 0 Å².